The van der Waals surface area contributed by atoms with Gasteiger partial charge in [-0.05, 0) is 19.8 Å². The molecule has 0 aliphatic heterocycles. The van der Waals surface area contributed by atoms with Gasteiger partial charge in [-0.15, -0.1) is 16.4 Å². The van der Waals surface area contributed by atoms with Crippen LogP contribution in [0.5, 0.6) is 0 Å². The van der Waals surface area contributed by atoms with Crippen LogP contribution < -0.4 is 0 Å². The number of aromatic nitrogens is 4. The van der Waals surface area contributed by atoms with E-state index in [9.17, 15) is 5.11 Å². The molecule has 1 aliphatic carbocycles. The highest BCUT2D eigenvalue weighted by Crippen LogP contribution is 2.42. The fraction of sp³-hybridized carbons (Fsp3) is 0.500. The van der Waals surface area contributed by atoms with E-state index in [2.05, 4.69) is 15.3 Å². The summed E-state index contributed by atoms with van der Waals surface area (Å²) in [6.07, 6.45) is 2.31. The van der Waals surface area contributed by atoms with Gasteiger partial charge in [-0.1, -0.05) is 5.21 Å². The Balaban J connectivity index is 2.09. The van der Waals surface area contributed by atoms with Crippen LogP contribution in [0.15, 0.2) is 5.38 Å². The second-order valence-corrected chi connectivity index (χ2v) is 4.87. The Hall–Kier alpha value is -1.27. The van der Waals surface area contributed by atoms with E-state index >= 15 is 0 Å². The summed E-state index contributed by atoms with van der Waals surface area (Å²) in [5.41, 5.74) is 2.72. The number of aliphatic hydroxyl groups excluding tert-OH is 1. The second kappa shape index (κ2) is 3.64. The molecule has 0 saturated heterocycles. The van der Waals surface area contributed by atoms with E-state index < -0.39 is 0 Å². The summed E-state index contributed by atoms with van der Waals surface area (Å²) in [5, 5.41) is 20.2. The van der Waals surface area contributed by atoms with Gasteiger partial charge in [-0.3, -0.25) is 0 Å². The molecule has 0 amide bonds. The van der Waals surface area contributed by atoms with Crippen molar-refractivity contribution in [1.82, 2.24) is 20.0 Å². The van der Waals surface area contributed by atoms with Gasteiger partial charge in [0.05, 0.1) is 18.0 Å². The monoisotopic (exact) mass is 236 g/mol. The highest BCUT2D eigenvalue weighted by molar-refractivity contribution is 7.12. The molecule has 6 heteroatoms. The van der Waals surface area contributed by atoms with Crippen molar-refractivity contribution in [1.29, 1.82) is 0 Å². The number of hydrogen-bond acceptors (Lipinski definition) is 5. The molecule has 0 spiro atoms. The van der Waals surface area contributed by atoms with E-state index in [0.717, 1.165) is 29.4 Å². The minimum Gasteiger partial charge on any atom is -0.390 e. The van der Waals surface area contributed by atoms with E-state index in [0.29, 0.717) is 11.6 Å². The van der Waals surface area contributed by atoms with Gasteiger partial charge < -0.3 is 5.11 Å². The maximum absolute atomic E-state index is 9.23. The van der Waals surface area contributed by atoms with Crippen LogP contribution in [0.4, 0.5) is 0 Å². The fourth-order valence-corrected chi connectivity index (χ4v) is 2.54. The molecule has 1 saturated carbocycles. The normalized spacial score (nSPS) is 15.6. The van der Waals surface area contributed by atoms with Crippen LogP contribution in [0.25, 0.3) is 5.13 Å². The topological polar surface area (TPSA) is 63.8 Å². The molecule has 2 heterocycles. The van der Waals surface area contributed by atoms with Crippen LogP contribution >= 0.6 is 11.3 Å². The summed E-state index contributed by atoms with van der Waals surface area (Å²) in [4.78, 5) is 4.40. The molecule has 16 heavy (non-hydrogen) atoms. The van der Waals surface area contributed by atoms with Crippen LogP contribution in [-0.2, 0) is 6.61 Å². The summed E-state index contributed by atoms with van der Waals surface area (Å²) in [6.45, 7) is 1.91. The van der Waals surface area contributed by atoms with Crippen molar-refractivity contribution in [2.75, 3.05) is 0 Å². The predicted molar refractivity (Wildman–Crippen MR) is 59.7 cm³/mol. The fourth-order valence-electron chi connectivity index (χ4n) is 1.78. The molecule has 0 bridgehead atoms. The molecule has 1 N–H and O–H groups in total. The number of nitrogens with zero attached hydrogens (tertiary/aromatic N) is 4. The quantitative estimate of drug-likeness (QED) is 0.875. The molecular formula is C10H12N4OS. The van der Waals surface area contributed by atoms with Crippen molar-refractivity contribution in [3.8, 4) is 5.13 Å². The minimum atomic E-state index is -0.0454. The number of thiazole rings is 1. The zero-order valence-electron chi connectivity index (χ0n) is 8.92. The first-order chi connectivity index (χ1) is 7.79. The molecule has 1 fully saturated rings. The van der Waals surface area contributed by atoms with Gasteiger partial charge in [-0.2, -0.15) is 4.68 Å². The standard InChI is InChI=1S/C10H12N4OS/c1-6-5-16-10(11-6)14-9(7-2-3-7)8(4-15)12-13-14/h5,7,15H,2-4H2,1H3. The average Bonchev–Trinajstić information content (AvgIpc) is 2.88. The summed E-state index contributed by atoms with van der Waals surface area (Å²) in [7, 11) is 0. The Morgan fingerprint density at radius 2 is 2.38 bits per heavy atom. The molecule has 0 radical (unpaired) electrons. The van der Waals surface area contributed by atoms with Crippen LogP contribution in [0.2, 0.25) is 0 Å². The van der Waals surface area contributed by atoms with Crippen LogP contribution in [0.1, 0.15) is 35.8 Å². The maximum atomic E-state index is 9.23. The molecule has 3 rings (SSSR count). The molecule has 0 unspecified atom stereocenters. The third-order valence-corrected chi connectivity index (χ3v) is 3.61. The summed E-state index contributed by atoms with van der Waals surface area (Å²) in [5.74, 6) is 0.501. The molecule has 0 atom stereocenters. The summed E-state index contributed by atoms with van der Waals surface area (Å²) < 4.78 is 1.78. The lowest BCUT2D eigenvalue weighted by molar-refractivity contribution is 0.275. The predicted octanol–water partition coefficient (Wildman–Crippen LogP) is 1.40. The van der Waals surface area contributed by atoms with Gasteiger partial charge in [0.15, 0.2) is 0 Å². The number of aryl methyl sites for hydroxylation is 1. The highest BCUT2D eigenvalue weighted by atomic mass is 32.1. The lowest BCUT2D eigenvalue weighted by atomic mass is 10.2. The first kappa shape index (κ1) is 9.92. The van der Waals surface area contributed by atoms with Gasteiger partial charge in [-0.25, -0.2) is 4.98 Å². The largest absolute Gasteiger partial charge is 0.390 e. The molecule has 1 aliphatic rings. The smallest absolute Gasteiger partial charge is 0.212 e. The Kier molecular flexibility index (Phi) is 2.26. The lowest BCUT2D eigenvalue weighted by Crippen LogP contribution is -2.02. The van der Waals surface area contributed by atoms with Crippen LogP contribution in [0, 0.1) is 6.92 Å². The lowest BCUT2D eigenvalue weighted by Gasteiger charge is -2.01. The number of aliphatic hydroxyl groups is 1. The zero-order chi connectivity index (χ0) is 11.1. The van der Waals surface area contributed by atoms with E-state index in [1.54, 1.807) is 16.0 Å². The summed E-state index contributed by atoms with van der Waals surface area (Å²) in [6, 6.07) is 0. The van der Waals surface area contributed by atoms with Crippen molar-refractivity contribution < 1.29 is 5.11 Å². The van der Waals surface area contributed by atoms with E-state index in [-0.39, 0.29) is 6.61 Å². The molecular weight excluding hydrogens is 224 g/mol. The first-order valence-corrected chi connectivity index (χ1v) is 6.15. The molecule has 84 valence electrons. The Labute approximate surface area is 96.8 Å². The Morgan fingerprint density at radius 1 is 1.56 bits per heavy atom. The molecule has 2 aromatic rings. The third-order valence-electron chi connectivity index (χ3n) is 2.68. The molecule has 2 aromatic heterocycles. The zero-order valence-corrected chi connectivity index (χ0v) is 9.74. The minimum absolute atomic E-state index is 0.0454. The number of hydrogen-bond donors (Lipinski definition) is 1. The third kappa shape index (κ3) is 1.54. The first-order valence-electron chi connectivity index (χ1n) is 5.27. The number of rotatable bonds is 3. The molecule has 0 aromatic carbocycles. The van der Waals surface area contributed by atoms with E-state index in [1.165, 1.54) is 0 Å². The second-order valence-electron chi connectivity index (χ2n) is 4.04. The van der Waals surface area contributed by atoms with Crippen LogP contribution in [-0.4, -0.2) is 25.1 Å². The van der Waals surface area contributed by atoms with E-state index in [4.69, 9.17) is 0 Å². The SMILES string of the molecule is Cc1csc(-n2nnc(CO)c2C2CC2)n1. The summed E-state index contributed by atoms with van der Waals surface area (Å²) >= 11 is 1.55. The highest BCUT2D eigenvalue weighted by Gasteiger charge is 2.32. The van der Waals surface area contributed by atoms with Crippen molar-refractivity contribution in [3.05, 3.63) is 22.5 Å². The van der Waals surface area contributed by atoms with Crippen molar-refractivity contribution in [2.24, 2.45) is 0 Å². The van der Waals surface area contributed by atoms with Gasteiger partial charge >= 0.3 is 0 Å². The van der Waals surface area contributed by atoms with Gasteiger partial charge in [0.25, 0.3) is 0 Å². The van der Waals surface area contributed by atoms with E-state index in [1.807, 2.05) is 12.3 Å². The van der Waals surface area contributed by atoms with Gasteiger partial charge in [0.1, 0.15) is 5.69 Å². The van der Waals surface area contributed by atoms with Crippen molar-refractivity contribution in [3.63, 3.8) is 0 Å². The Morgan fingerprint density at radius 3 is 2.94 bits per heavy atom. The van der Waals surface area contributed by atoms with Crippen molar-refractivity contribution in [2.45, 2.75) is 32.3 Å². The van der Waals surface area contributed by atoms with Gasteiger partial charge in [0.2, 0.25) is 5.13 Å². The van der Waals surface area contributed by atoms with Gasteiger partial charge in [0, 0.05) is 11.3 Å². The van der Waals surface area contributed by atoms with Crippen molar-refractivity contribution >= 4 is 11.3 Å². The molecule has 5 nitrogen and oxygen atoms in total. The Bertz CT molecular complexity index is 515. The maximum Gasteiger partial charge on any atom is 0.212 e. The van der Waals surface area contributed by atoms with Crippen LogP contribution in [0.3, 0.4) is 0 Å². The average molecular weight is 236 g/mol.